The van der Waals surface area contributed by atoms with E-state index < -0.39 is 5.60 Å². The lowest BCUT2D eigenvalue weighted by Gasteiger charge is -2.33. The molecular weight excluding hydrogens is 420 g/mol. The number of fused-ring (bicyclic) bond motifs is 1. The van der Waals surface area contributed by atoms with Crippen LogP contribution in [0.15, 0.2) is 36.4 Å². The number of benzene rings is 1. The first-order valence-electron chi connectivity index (χ1n) is 11.1. The van der Waals surface area contributed by atoms with E-state index in [9.17, 15) is 14.7 Å². The van der Waals surface area contributed by atoms with E-state index in [0.29, 0.717) is 17.0 Å². The van der Waals surface area contributed by atoms with Gasteiger partial charge in [-0.25, -0.2) is 4.98 Å². The van der Waals surface area contributed by atoms with Gasteiger partial charge in [0.2, 0.25) is 5.91 Å². The summed E-state index contributed by atoms with van der Waals surface area (Å²) >= 11 is 0. The second-order valence-corrected chi connectivity index (χ2v) is 9.11. The first kappa shape index (κ1) is 22.7. The number of hydrogen-bond donors (Lipinski definition) is 3. The molecule has 4 rings (SSSR count). The summed E-state index contributed by atoms with van der Waals surface area (Å²) in [6.45, 7) is 8.37. The smallest absolute Gasteiger partial charge is 0.256 e. The quantitative estimate of drug-likeness (QED) is 0.551. The molecule has 3 N–H and O–H groups in total. The van der Waals surface area contributed by atoms with Gasteiger partial charge in [-0.05, 0) is 51.3 Å². The van der Waals surface area contributed by atoms with Crippen molar-refractivity contribution in [2.45, 2.75) is 52.2 Å². The Kier molecular flexibility index (Phi) is 6.07. The maximum Gasteiger partial charge on any atom is 0.256 e. The Bertz CT molecular complexity index is 1170. The van der Waals surface area contributed by atoms with Crippen LogP contribution in [0.1, 0.15) is 55.2 Å². The SMILES string of the molecule is CC(=O)NC1CCN(c2cc(NC(=O)c3ccc(C(C)(C)O)cc3)nc3cc(C)nn23)CC1. The molecule has 1 aliphatic rings. The maximum atomic E-state index is 12.9. The molecule has 9 nitrogen and oxygen atoms in total. The van der Waals surface area contributed by atoms with Crippen molar-refractivity contribution in [3.8, 4) is 0 Å². The third kappa shape index (κ3) is 5.14. The van der Waals surface area contributed by atoms with Crippen molar-refractivity contribution in [1.29, 1.82) is 0 Å². The fourth-order valence-corrected chi connectivity index (χ4v) is 4.12. The van der Waals surface area contributed by atoms with Gasteiger partial charge in [0.1, 0.15) is 11.6 Å². The average Bonchev–Trinajstić information content (AvgIpc) is 3.13. The van der Waals surface area contributed by atoms with E-state index in [1.807, 2.05) is 19.1 Å². The second-order valence-electron chi connectivity index (χ2n) is 9.11. The molecule has 9 heteroatoms. The molecule has 3 heterocycles. The number of aliphatic hydroxyl groups is 1. The van der Waals surface area contributed by atoms with Crippen LogP contribution < -0.4 is 15.5 Å². The van der Waals surface area contributed by atoms with Crippen molar-refractivity contribution in [1.82, 2.24) is 19.9 Å². The number of carbonyl (C=O) groups is 2. The molecule has 2 amide bonds. The number of nitrogens with zero attached hydrogens (tertiary/aromatic N) is 4. The molecule has 1 aromatic carbocycles. The molecule has 0 aliphatic carbocycles. The Morgan fingerprint density at radius 2 is 1.79 bits per heavy atom. The van der Waals surface area contributed by atoms with Crippen LogP contribution >= 0.6 is 0 Å². The largest absolute Gasteiger partial charge is 0.386 e. The van der Waals surface area contributed by atoms with Crippen LogP contribution in [0.4, 0.5) is 11.6 Å². The molecule has 33 heavy (non-hydrogen) atoms. The lowest BCUT2D eigenvalue weighted by molar-refractivity contribution is -0.119. The van der Waals surface area contributed by atoms with Crippen molar-refractivity contribution in [3.05, 3.63) is 53.2 Å². The zero-order valence-electron chi connectivity index (χ0n) is 19.4. The molecule has 0 bridgehead atoms. The minimum Gasteiger partial charge on any atom is -0.386 e. The third-order valence-corrected chi connectivity index (χ3v) is 5.85. The number of carbonyl (C=O) groups excluding carboxylic acids is 2. The molecule has 0 atom stereocenters. The molecule has 0 saturated carbocycles. The van der Waals surface area contributed by atoms with Crippen LogP contribution in [0.3, 0.4) is 0 Å². The number of amides is 2. The minimum absolute atomic E-state index is 0.0111. The second kappa shape index (κ2) is 8.82. The third-order valence-electron chi connectivity index (χ3n) is 5.85. The zero-order chi connectivity index (χ0) is 23.8. The topological polar surface area (TPSA) is 112 Å². The number of piperidine rings is 1. The Morgan fingerprint density at radius 1 is 1.12 bits per heavy atom. The number of nitrogens with one attached hydrogen (secondary N) is 2. The highest BCUT2D eigenvalue weighted by atomic mass is 16.3. The van der Waals surface area contributed by atoms with Crippen molar-refractivity contribution in [2.75, 3.05) is 23.3 Å². The van der Waals surface area contributed by atoms with E-state index in [1.54, 1.807) is 49.6 Å². The minimum atomic E-state index is -0.968. The highest BCUT2D eigenvalue weighted by molar-refractivity contribution is 6.04. The lowest BCUT2D eigenvalue weighted by Crippen LogP contribution is -2.44. The number of aromatic nitrogens is 3. The highest BCUT2D eigenvalue weighted by Crippen LogP contribution is 2.25. The van der Waals surface area contributed by atoms with Crippen LogP contribution in [-0.4, -0.2) is 50.7 Å². The van der Waals surface area contributed by atoms with Crippen LogP contribution in [0, 0.1) is 6.92 Å². The molecule has 1 saturated heterocycles. The normalized spacial score (nSPS) is 15.0. The van der Waals surface area contributed by atoms with E-state index in [1.165, 1.54) is 0 Å². The van der Waals surface area contributed by atoms with Gasteiger partial charge in [0.25, 0.3) is 5.91 Å². The molecule has 0 radical (unpaired) electrons. The summed E-state index contributed by atoms with van der Waals surface area (Å²) in [6.07, 6.45) is 1.66. The van der Waals surface area contributed by atoms with Crippen molar-refractivity contribution in [3.63, 3.8) is 0 Å². The lowest BCUT2D eigenvalue weighted by atomic mass is 9.97. The maximum absolute atomic E-state index is 12.9. The molecule has 1 fully saturated rings. The Morgan fingerprint density at radius 3 is 2.39 bits per heavy atom. The van der Waals surface area contributed by atoms with Crippen LogP contribution in [-0.2, 0) is 10.4 Å². The Hall–Kier alpha value is -3.46. The number of hydrogen-bond acceptors (Lipinski definition) is 6. The summed E-state index contributed by atoms with van der Waals surface area (Å²) in [5, 5.41) is 20.6. The first-order chi connectivity index (χ1) is 15.6. The number of rotatable bonds is 5. The van der Waals surface area contributed by atoms with Gasteiger partial charge in [0, 0.05) is 43.8 Å². The molecule has 174 valence electrons. The highest BCUT2D eigenvalue weighted by Gasteiger charge is 2.23. The predicted molar refractivity (Wildman–Crippen MR) is 126 cm³/mol. The van der Waals surface area contributed by atoms with E-state index >= 15 is 0 Å². The molecule has 0 spiro atoms. The summed E-state index contributed by atoms with van der Waals surface area (Å²) in [4.78, 5) is 31.0. The van der Waals surface area contributed by atoms with Crippen LogP contribution in [0.5, 0.6) is 0 Å². The zero-order valence-corrected chi connectivity index (χ0v) is 19.4. The van der Waals surface area contributed by atoms with E-state index in [0.717, 1.165) is 43.0 Å². The van der Waals surface area contributed by atoms with Gasteiger partial charge in [-0.1, -0.05) is 12.1 Å². The van der Waals surface area contributed by atoms with E-state index in [-0.39, 0.29) is 17.9 Å². The van der Waals surface area contributed by atoms with Gasteiger partial charge in [0.05, 0.1) is 11.3 Å². The predicted octanol–water partition coefficient (Wildman–Crippen LogP) is 2.62. The number of anilines is 2. The Balaban J connectivity index is 1.56. The number of aryl methyl sites for hydroxylation is 1. The van der Waals surface area contributed by atoms with Crippen LogP contribution in [0.2, 0.25) is 0 Å². The van der Waals surface area contributed by atoms with E-state index in [2.05, 4.69) is 25.6 Å². The Labute approximate surface area is 192 Å². The summed E-state index contributed by atoms with van der Waals surface area (Å²) in [6, 6.07) is 10.8. The molecule has 0 unspecified atom stereocenters. The fourth-order valence-electron chi connectivity index (χ4n) is 4.12. The van der Waals surface area contributed by atoms with Crippen molar-refractivity contribution < 1.29 is 14.7 Å². The summed E-state index contributed by atoms with van der Waals surface area (Å²) < 4.78 is 1.79. The van der Waals surface area contributed by atoms with Gasteiger partial charge < -0.3 is 20.6 Å². The summed E-state index contributed by atoms with van der Waals surface area (Å²) in [5.41, 5.74) is 1.73. The van der Waals surface area contributed by atoms with Gasteiger partial charge in [-0.15, -0.1) is 0 Å². The van der Waals surface area contributed by atoms with Crippen molar-refractivity contribution in [2.24, 2.45) is 0 Å². The van der Waals surface area contributed by atoms with Crippen molar-refractivity contribution >= 4 is 29.1 Å². The van der Waals surface area contributed by atoms with Gasteiger partial charge in [-0.3, -0.25) is 9.59 Å². The average molecular weight is 451 g/mol. The summed E-state index contributed by atoms with van der Waals surface area (Å²) in [7, 11) is 0. The monoisotopic (exact) mass is 450 g/mol. The first-order valence-corrected chi connectivity index (χ1v) is 11.1. The molecular formula is C24H30N6O3. The van der Waals surface area contributed by atoms with Gasteiger partial charge in [-0.2, -0.15) is 9.61 Å². The molecule has 3 aromatic rings. The summed E-state index contributed by atoms with van der Waals surface area (Å²) in [5.74, 6) is 1.00. The molecule has 2 aromatic heterocycles. The van der Waals surface area contributed by atoms with Gasteiger partial charge in [0.15, 0.2) is 5.65 Å². The van der Waals surface area contributed by atoms with E-state index in [4.69, 9.17) is 0 Å². The standard InChI is InChI=1S/C24H30N6O3/c1-15-13-21-26-20(27-23(32)17-5-7-18(8-6-17)24(3,4)33)14-22(30(21)28-15)29-11-9-19(10-12-29)25-16(2)31/h5-8,13-14,19,33H,9-12H2,1-4H3,(H,25,31)(H,26,27,32). The molecule has 1 aliphatic heterocycles. The van der Waals surface area contributed by atoms with Gasteiger partial charge >= 0.3 is 0 Å². The fraction of sp³-hybridized carbons (Fsp3) is 0.417. The van der Waals surface area contributed by atoms with Crippen LogP contribution in [0.25, 0.3) is 5.65 Å².